The molecule has 2 amide bonds. The molecule has 2 rings (SSSR count). The monoisotopic (exact) mass is 522 g/mol. The van der Waals surface area contributed by atoms with E-state index in [0.717, 1.165) is 0 Å². The first-order chi connectivity index (χ1) is 16.7. The minimum absolute atomic E-state index is 0.0119. The molecule has 35 heavy (non-hydrogen) atoms. The van der Waals surface area contributed by atoms with Crippen molar-refractivity contribution in [2.75, 3.05) is 31.7 Å². The molecule has 11 heteroatoms. The first-order valence-corrected chi connectivity index (χ1v) is 11.5. The van der Waals surface area contributed by atoms with Gasteiger partial charge in [-0.2, -0.15) is 0 Å². The molecule has 1 aliphatic rings. The van der Waals surface area contributed by atoms with Crippen molar-refractivity contribution in [2.45, 2.75) is 18.9 Å². The lowest BCUT2D eigenvalue weighted by Crippen LogP contribution is -2.43. The zero-order valence-electron chi connectivity index (χ0n) is 19.0. The third-order valence-electron chi connectivity index (χ3n) is 4.93. The normalized spacial score (nSPS) is 16.7. The lowest BCUT2D eigenvalue weighted by Gasteiger charge is -2.24. The number of carbonyl (C=O) groups is 4. The van der Waals surface area contributed by atoms with E-state index in [1.54, 1.807) is 0 Å². The molecule has 0 aromatic heterocycles. The number of rotatable bonds is 12. The minimum Gasteiger partial charge on any atom is -0.486 e. The summed E-state index contributed by atoms with van der Waals surface area (Å²) in [5, 5.41) is 2.39. The number of hydrogen-bond acceptors (Lipinski definition) is 7. The van der Waals surface area contributed by atoms with E-state index in [9.17, 15) is 19.2 Å². The van der Waals surface area contributed by atoms with Crippen molar-refractivity contribution in [3.63, 3.8) is 0 Å². The van der Waals surface area contributed by atoms with Gasteiger partial charge in [0.25, 0.3) is 0 Å². The van der Waals surface area contributed by atoms with Crippen LogP contribution in [0.25, 0.3) is 0 Å². The Balaban J connectivity index is 2.36. The highest BCUT2D eigenvalue weighted by molar-refractivity contribution is 7.96. The van der Waals surface area contributed by atoms with Crippen LogP contribution in [-0.2, 0) is 19.1 Å². The van der Waals surface area contributed by atoms with Crippen molar-refractivity contribution < 1.29 is 33.4 Å². The molecule has 188 valence electrons. The summed E-state index contributed by atoms with van der Waals surface area (Å²) in [4.78, 5) is 50.9. The molecule has 0 spiro atoms. The zero-order chi connectivity index (χ0) is 26.0. The van der Waals surface area contributed by atoms with Crippen LogP contribution < -0.4 is 10.1 Å². The number of hydrogen-bond donors (Lipinski definition) is 2. The molecular formula is C24H27ClN2O7S. The van der Waals surface area contributed by atoms with Crippen LogP contribution in [0.4, 0.5) is 10.5 Å². The molecule has 1 N–H and O–H groups in total. The van der Waals surface area contributed by atoms with Crippen LogP contribution in [-0.4, -0.2) is 60.4 Å². The van der Waals surface area contributed by atoms with Gasteiger partial charge in [-0.15, -0.1) is 12.6 Å². The largest absolute Gasteiger partial charge is 0.486 e. The van der Waals surface area contributed by atoms with Crippen LogP contribution in [0.2, 0.25) is 5.02 Å². The Morgan fingerprint density at radius 2 is 1.74 bits per heavy atom. The predicted molar refractivity (Wildman–Crippen MR) is 135 cm³/mol. The number of halogens is 1. The summed E-state index contributed by atoms with van der Waals surface area (Å²) < 4.78 is 15.7. The van der Waals surface area contributed by atoms with Gasteiger partial charge < -0.3 is 19.5 Å². The summed E-state index contributed by atoms with van der Waals surface area (Å²) in [6.07, 6.45) is 3.88. The first-order valence-electron chi connectivity index (χ1n) is 10.6. The average molecular weight is 523 g/mol. The van der Waals surface area contributed by atoms with E-state index < -0.39 is 24.0 Å². The van der Waals surface area contributed by atoms with Gasteiger partial charge in [0.1, 0.15) is 25.9 Å². The maximum absolute atomic E-state index is 13.3. The van der Waals surface area contributed by atoms with Gasteiger partial charge in [0, 0.05) is 13.0 Å². The SMILES string of the molecule is C=CCOC(=O)c1cc(Cl)c(OCC=C)c(NC(=O)[C@@H]2C[C@@H](CC(=O)S)CN2C(=O)OCC=C)c1. The predicted octanol–water partition coefficient (Wildman–Crippen LogP) is 4.05. The molecule has 9 nitrogen and oxygen atoms in total. The quantitative estimate of drug-likeness (QED) is 0.242. The lowest BCUT2D eigenvalue weighted by atomic mass is 10.0. The third kappa shape index (κ3) is 7.90. The second-order valence-corrected chi connectivity index (χ2v) is 8.45. The standard InChI is InChI=1S/C24H27ClN2O7S/c1-4-7-32-21-17(25)12-16(23(30)33-8-5-2)13-18(21)26-22(29)19-10-15(11-20(28)35)14-27(19)24(31)34-9-6-3/h4-6,12-13,15,19H,1-3,7-11,14H2,(H,26,29)(H,28,35)/t15-,19-/m0/s1. The van der Waals surface area contributed by atoms with Crippen LogP contribution in [0.3, 0.4) is 0 Å². The van der Waals surface area contributed by atoms with E-state index in [0.29, 0.717) is 0 Å². The van der Waals surface area contributed by atoms with Gasteiger partial charge in [-0.25, -0.2) is 9.59 Å². The second kappa shape index (κ2) is 13.6. The number of thiol groups is 1. The summed E-state index contributed by atoms with van der Waals surface area (Å²) in [6, 6.07) is 1.76. The number of nitrogens with one attached hydrogen (secondary N) is 1. The molecule has 1 aromatic carbocycles. The Bertz CT molecular complexity index is 1010. The van der Waals surface area contributed by atoms with Gasteiger partial charge in [-0.05, 0) is 24.5 Å². The molecule has 0 bridgehead atoms. The Labute approximate surface area is 214 Å². The first kappa shape index (κ1) is 28.0. The molecular weight excluding hydrogens is 496 g/mol. The van der Waals surface area contributed by atoms with E-state index in [1.807, 2.05) is 0 Å². The molecule has 1 aromatic rings. The van der Waals surface area contributed by atoms with Crippen molar-refractivity contribution in [1.82, 2.24) is 4.90 Å². The van der Waals surface area contributed by atoms with Gasteiger partial charge in [-0.1, -0.05) is 49.6 Å². The van der Waals surface area contributed by atoms with Gasteiger partial charge >= 0.3 is 12.1 Å². The van der Waals surface area contributed by atoms with E-state index in [2.05, 4.69) is 37.7 Å². The third-order valence-corrected chi connectivity index (χ3v) is 5.39. The van der Waals surface area contributed by atoms with Crippen LogP contribution >= 0.6 is 24.2 Å². The fourth-order valence-corrected chi connectivity index (χ4v) is 4.04. The number of anilines is 1. The molecule has 0 radical (unpaired) electrons. The summed E-state index contributed by atoms with van der Waals surface area (Å²) in [5.41, 5.74) is 0.174. The molecule has 0 unspecified atom stereocenters. The molecule has 0 saturated carbocycles. The molecule has 1 fully saturated rings. The summed E-state index contributed by atoms with van der Waals surface area (Å²) in [6.45, 7) is 10.7. The van der Waals surface area contributed by atoms with Crippen LogP contribution in [0.15, 0.2) is 50.1 Å². The van der Waals surface area contributed by atoms with Gasteiger partial charge in [0.05, 0.1) is 16.3 Å². The molecule has 0 aliphatic carbocycles. The Morgan fingerprint density at radius 3 is 2.37 bits per heavy atom. The maximum atomic E-state index is 13.3. The van der Waals surface area contributed by atoms with Crippen LogP contribution in [0.1, 0.15) is 23.2 Å². The number of ether oxygens (including phenoxy) is 3. The molecule has 1 saturated heterocycles. The van der Waals surface area contributed by atoms with E-state index >= 15 is 0 Å². The zero-order valence-corrected chi connectivity index (χ0v) is 20.7. The van der Waals surface area contributed by atoms with Gasteiger partial charge in [0.2, 0.25) is 5.91 Å². The van der Waals surface area contributed by atoms with Crippen molar-refractivity contribution in [3.8, 4) is 5.75 Å². The fraction of sp³-hybridized carbons (Fsp3) is 0.333. The van der Waals surface area contributed by atoms with Crippen LogP contribution in [0, 0.1) is 5.92 Å². The highest BCUT2D eigenvalue weighted by atomic mass is 35.5. The molecule has 1 heterocycles. The van der Waals surface area contributed by atoms with E-state index in [-0.39, 0.29) is 72.3 Å². The van der Waals surface area contributed by atoms with Crippen LogP contribution in [0.5, 0.6) is 5.75 Å². The molecule has 2 atom stereocenters. The van der Waals surface area contributed by atoms with Gasteiger partial charge in [0.15, 0.2) is 10.9 Å². The average Bonchev–Trinajstić information content (AvgIpc) is 3.23. The van der Waals surface area contributed by atoms with Crippen molar-refractivity contribution in [1.29, 1.82) is 0 Å². The topological polar surface area (TPSA) is 111 Å². The summed E-state index contributed by atoms with van der Waals surface area (Å²) in [5.74, 6) is -1.43. The number of likely N-dealkylation sites (tertiary alicyclic amines) is 1. The van der Waals surface area contributed by atoms with Gasteiger partial charge in [-0.3, -0.25) is 14.5 Å². The molecule has 1 aliphatic heterocycles. The lowest BCUT2D eigenvalue weighted by molar-refractivity contribution is -0.120. The Kier molecular flexibility index (Phi) is 10.9. The minimum atomic E-state index is -0.951. The van der Waals surface area contributed by atoms with Crippen molar-refractivity contribution in [3.05, 3.63) is 60.7 Å². The van der Waals surface area contributed by atoms with Crippen molar-refractivity contribution in [2.24, 2.45) is 5.92 Å². The van der Waals surface area contributed by atoms with Crippen molar-refractivity contribution >= 4 is 53.0 Å². The maximum Gasteiger partial charge on any atom is 0.410 e. The number of esters is 1. The highest BCUT2D eigenvalue weighted by Gasteiger charge is 2.41. The second-order valence-electron chi connectivity index (χ2n) is 7.54. The number of amides is 2. The summed E-state index contributed by atoms with van der Waals surface area (Å²) in [7, 11) is 0. The van der Waals surface area contributed by atoms with E-state index in [1.165, 1.54) is 35.3 Å². The van der Waals surface area contributed by atoms with E-state index in [4.69, 9.17) is 25.8 Å². The highest BCUT2D eigenvalue weighted by Crippen LogP contribution is 2.36. The smallest absolute Gasteiger partial charge is 0.410 e. The fourth-order valence-electron chi connectivity index (χ4n) is 3.51. The summed E-state index contributed by atoms with van der Waals surface area (Å²) >= 11 is 10.1. The number of nitrogens with zero attached hydrogens (tertiary/aromatic N) is 1. The number of benzene rings is 1. The Hall–Kier alpha value is -3.24. The number of carbonyl (C=O) groups excluding carboxylic acids is 4. The Morgan fingerprint density at radius 1 is 1.09 bits per heavy atom.